The molecule has 0 unspecified atom stereocenters. The maximum absolute atomic E-state index is 12.2. The first-order valence-corrected chi connectivity index (χ1v) is 8.72. The summed E-state index contributed by atoms with van der Waals surface area (Å²) in [7, 11) is 0. The Morgan fingerprint density at radius 3 is 2.52 bits per heavy atom. The van der Waals surface area contributed by atoms with Gasteiger partial charge in [0.2, 0.25) is 0 Å². The number of hydrogen-bond acceptors (Lipinski definition) is 5. The normalized spacial score (nSPS) is 10.9. The van der Waals surface area contributed by atoms with E-state index in [-0.39, 0.29) is 0 Å². The molecule has 0 aliphatic rings. The summed E-state index contributed by atoms with van der Waals surface area (Å²) in [6.45, 7) is 4.03. The Bertz CT molecular complexity index is 1130. The van der Waals surface area contributed by atoms with Gasteiger partial charge in [-0.25, -0.2) is 14.3 Å². The highest BCUT2D eigenvalue weighted by atomic mass is 16.5. The van der Waals surface area contributed by atoms with Gasteiger partial charge in [0.15, 0.2) is 11.3 Å². The summed E-state index contributed by atoms with van der Waals surface area (Å²) >= 11 is 0. The number of imidazole rings is 1. The third-order valence-corrected chi connectivity index (χ3v) is 4.21. The van der Waals surface area contributed by atoms with Gasteiger partial charge >= 0.3 is 5.97 Å². The minimum absolute atomic E-state index is 0.299. The van der Waals surface area contributed by atoms with Crippen molar-refractivity contribution in [3.8, 4) is 22.5 Å². The highest BCUT2D eigenvalue weighted by molar-refractivity contribution is 5.88. The Morgan fingerprint density at radius 2 is 1.78 bits per heavy atom. The smallest absolute Gasteiger partial charge is 0.358 e. The van der Waals surface area contributed by atoms with Crippen molar-refractivity contribution in [2.45, 2.75) is 13.8 Å². The van der Waals surface area contributed by atoms with Gasteiger partial charge in [-0.2, -0.15) is 5.10 Å². The summed E-state index contributed by atoms with van der Waals surface area (Å²) in [5, 5.41) is 4.64. The SMILES string of the molecule is CCOC(=O)c1cnc2ccc(-c3ccccc3-c3cccc(C)n3)nn12. The predicted molar refractivity (Wildman–Crippen MR) is 102 cm³/mol. The van der Waals surface area contributed by atoms with Gasteiger partial charge in [-0.3, -0.25) is 4.98 Å². The topological polar surface area (TPSA) is 69.4 Å². The molecule has 0 spiro atoms. The average Bonchev–Trinajstić information content (AvgIpc) is 3.11. The fourth-order valence-electron chi connectivity index (χ4n) is 2.98. The van der Waals surface area contributed by atoms with Gasteiger partial charge in [0, 0.05) is 16.8 Å². The predicted octanol–water partition coefficient (Wildman–Crippen LogP) is 3.94. The molecular formula is C21H18N4O2. The Hall–Kier alpha value is -3.54. The standard InChI is InChI=1S/C21H18N4O2/c1-3-27-21(26)19-13-22-20-12-11-18(24-25(19)20)16-9-5-4-8-15(16)17-10-6-7-14(2)23-17/h4-13H,3H2,1-2H3. The number of carbonyl (C=O) groups excluding carboxylic acids is 1. The van der Waals surface area contributed by atoms with Crippen molar-refractivity contribution in [2.75, 3.05) is 6.61 Å². The van der Waals surface area contributed by atoms with Crippen molar-refractivity contribution in [3.05, 3.63) is 72.2 Å². The number of esters is 1. The van der Waals surface area contributed by atoms with E-state index in [1.807, 2.05) is 61.5 Å². The molecule has 0 aliphatic carbocycles. The number of hydrogen-bond donors (Lipinski definition) is 0. The maximum atomic E-state index is 12.2. The second-order valence-corrected chi connectivity index (χ2v) is 6.06. The van der Waals surface area contributed by atoms with E-state index in [4.69, 9.17) is 4.74 Å². The van der Waals surface area contributed by atoms with Crippen molar-refractivity contribution < 1.29 is 9.53 Å². The lowest BCUT2D eigenvalue weighted by Gasteiger charge is -2.10. The number of rotatable bonds is 4. The lowest BCUT2D eigenvalue weighted by molar-refractivity contribution is 0.0517. The van der Waals surface area contributed by atoms with Crippen LogP contribution in [0.1, 0.15) is 23.1 Å². The first kappa shape index (κ1) is 16.9. The van der Waals surface area contributed by atoms with Gasteiger partial charge in [0.1, 0.15) is 0 Å². The Balaban J connectivity index is 1.86. The number of benzene rings is 1. The molecule has 0 saturated heterocycles. The van der Waals surface area contributed by atoms with Crippen molar-refractivity contribution in [1.29, 1.82) is 0 Å². The zero-order valence-electron chi connectivity index (χ0n) is 15.1. The van der Waals surface area contributed by atoms with Crippen LogP contribution < -0.4 is 0 Å². The molecule has 0 fully saturated rings. The van der Waals surface area contributed by atoms with Gasteiger partial charge in [-0.1, -0.05) is 30.3 Å². The van der Waals surface area contributed by atoms with Crippen LogP contribution in [0.25, 0.3) is 28.2 Å². The van der Waals surface area contributed by atoms with E-state index in [1.165, 1.54) is 10.7 Å². The van der Waals surface area contributed by atoms with E-state index in [9.17, 15) is 4.79 Å². The summed E-state index contributed by atoms with van der Waals surface area (Å²) in [5.41, 5.74) is 5.36. The van der Waals surface area contributed by atoms with Gasteiger partial charge < -0.3 is 4.74 Å². The molecule has 0 radical (unpaired) electrons. The van der Waals surface area contributed by atoms with Crippen LogP contribution in [0.3, 0.4) is 0 Å². The van der Waals surface area contributed by atoms with E-state index in [1.54, 1.807) is 6.92 Å². The molecule has 6 heteroatoms. The number of aryl methyl sites for hydroxylation is 1. The average molecular weight is 358 g/mol. The van der Waals surface area contributed by atoms with Crippen LogP contribution in [0.15, 0.2) is 60.8 Å². The summed E-state index contributed by atoms with van der Waals surface area (Å²) < 4.78 is 6.62. The molecule has 4 rings (SSSR count). The molecule has 0 amide bonds. The molecule has 0 atom stereocenters. The molecule has 3 heterocycles. The Kier molecular flexibility index (Phi) is 4.38. The van der Waals surface area contributed by atoms with Crippen LogP contribution in [-0.4, -0.2) is 32.2 Å². The van der Waals surface area contributed by atoms with Crippen molar-refractivity contribution in [1.82, 2.24) is 19.6 Å². The highest BCUT2D eigenvalue weighted by Gasteiger charge is 2.16. The van der Waals surface area contributed by atoms with Crippen molar-refractivity contribution in [3.63, 3.8) is 0 Å². The van der Waals surface area contributed by atoms with Crippen molar-refractivity contribution in [2.24, 2.45) is 0 Å². The molecule has 3 aromatic heterocycles. The largest absolute Gasteiger partial charge is 0.461 e. The summed E-state index contributed by atoms with van der Waals surface area (Å²) in [6, 6.07) is 17.6. The van der Waals surface area contributed by atoms with Gasteiger partial charge in [-0.15, -0.1) is 0 Å². The van der Waals surface area contributed by atoms with Gasteiger partial charge in [0.05, 0.1) is 24.2 Å². The second kappa shape index (κ2) is 6.99. The fraction of sp³-hybridized carbons (Fsp3) is 0.143. The van der Waals surface area contributed by atoms with E-state index in [0.29, 0.717) is 17.9 Å². The molecule has 1 aromatic carbocycles. The van der Waals surface area contributed by atoms with E-state index >= 15 is 0 Å². The monoisotopic (exact) mass is 358 g/mol. The molecule has 0 bridgehead atoms. The van der Waals surface area contributed by atoms with Crippen LogP contribution in [-0.2, 0) is 4.74 Å². The van der Waals surface area contributed by atoms with Crippen LogP contribution in [0, 0.1) is 6.92 Å². The number of aromatic nitrogens is 4. The third-order valence-electron chi connectivity index (χ3n) is 4.21. The zero-order valence-corrected chi connectivity index (χ0v) is 15.1. The fourth-order valence-corrected chi connectivity index (χ4v) is 2.98. The number of pyridine rings is 1. The molecule has 0 saturated carbocycles. The van der Waals surface area contributed by atoms with Crippen LogP contribution in [0.4, 0.5) is 0 Å². The van der Waals surface area contributed by atoms with E-state index < -0.39 is 5.97 Å². The minimum atomic E-state index is -0.441. The molecule has 134 valence electrons. The Labute approximate surface area is 156 Å². The number of nitrogens with zero attached hydrogens (tertiary/aromatic N) is 4. The zero-order chi connectivity index (χ0) is 18.8. The summed E-state index contributed by atoms with van der Waals surface area (Å²) in [4.78, 5) is 21.0. The molecule has 0 N–H and O–H groups in total. The molecular weight excluding hydrogens is 340 g/mol. The molecule has 27 heavy (non-hydrogen) atoms. The molecule has 6 nitrogen and oxygen atoms in total. The first-order valence-electron chi connectivity index (χ1n) is 8.72. The lowest BCUT2D eigenvalue weighted by Crippen LogP contribution is -2.10. The third kappa shape index (κ3) is 3.17. The van der Waals surface area contributed by atoms with E-state index in [0.717, 1.165) is 28.2 Å². The number of carbonyl (C=O) groups is 1. The van der Waals surface area contributed by atoms with Gasteiger partial charge in [0.25, 0.3) is 0 Å². The maximum Gasteiger partial charge on any atom is 0.358 e. The minimum Gasteiger partial charge on any atom is -0.461 e. The lowest BCUT2D eigenvalue weighted by atomic mass is 10.0. The first-order chi connectivity index (χ1) is 13.2. The van der Waals surface area contributed by atoms with Crippen molar-refractivity contribution >= 4 is 11.6 Å². The van der Waals surface area contributed by atoms with Crippen LogP contribution >= 0.6 is 0 Å². The molecule has 0 aliphatic heterocycles. The molecule has 4 aromatic rings. The quantitative estimate of drug-likeness (QED) is 0.517. The highest BCUT2D eigenvalue weighted by Crippen LogP contribution is 2.30. The Morgan fingerprint density at radius 1 is 1.00 bits per heavy atom. The van der Waals surface area contributed by atoms with Crippen LogP contribution in [0.5, 0.6) is 0 Å². The summed E-state index contributed by atoms with van der Waals surface area (Å²) in [6.07, 6.45) is 1.48. The number of ether oxygens (including phenoxy) is 1. The summed E-state index contributed by atoms with van der Waals surface area (Å²) in [5.74, 6) is -0.441. The second-order valence-electron chi connectivity index (χ2n) is 6.06. The van der Waals surface area contributed by atoms with Crippen LogP contribution in [0.2, 0.25) is 0 Å². The number of fused-ring (bicyclic) bond motifs is 1. The van der Waals surface area contributed by atoms with E-state index in [2.05, 4.69) is 15.1 Å². The van der Waals surface area contributed by atoms with Gasteiger partial charge in [-0.05, 0) is 38.1 Å².